The van der Waals surface area contributed by atoms with Crippen molar-refractivity contribution >= 4 is 18.0 Å². The molecule has 0 amide bonds. The fourth-order valence-corrected chi connectivity index (χ4v) is 2.38. The van der Waals surface area contributed by atoms with Gasteiger partial charge in [0, 0.05) is 16.6 Å². The SMILES string of the molecule is CC(C)C1SCC=C1C=O. The molecule has 0 aromatic rings. The van der Waals surface area contributed by atoms with Gasteiger partial charge in [-0.2, -0.15) is 0 Å². The topological polar surface area (TPSA) is 17.1 Å². The summed E-state index contributed by atoms with van der Waals surface area (Å²) in [6, 6.07) is 0. The highest BCUT2D eigenvalue weighted by atomic mass is 32.2. The molecule has 1 nitrogen and oxygen atoms in total. The van der Waals surface area contributed by atoms with Gasteiger partial charge < -0.3 is 0 Å². The van der Waals surface area contributed by atoms with E-state index in [0.717, 1.165) is 17.6 Å². The summed E-state index contributed by atoms with van der Waals surface area (Å²) >= 11 is 1.86. The summed E-state index contributed by atoms with van der Waals surface area (Å²) in [5.41, 5.74) is 0.986. The summed E-state index contributed by atoms with van der Waals surface area (Å²) in [7, 11) is 0. The van der Waals surface area contributed by atoms with E-state index in [1.54, 1.807) is 0 Å². The molecule has 0 saturated heterocycles. The number of hydrogen-bond acceptors (Lipinski definition) is 2. The van der Waals surface area contributed by atoms with E-state index in [2.05, 4.69) is 13.8 Å². The Morgan fingerprint density at radius 3 is 2.90 bits per heavy atom. The Labute approximate surface area is 65.9 Å². The Balaban J connectivity index is 2.62. The Morgan fingerprint density at radius 2 is 2.50 bits per heavy atom. The van der Waals surface area contributed by atoms with Crippen LogP contribution in [0.1, 0.15) is 13.8 Å². The van der Waals surface area contributed by atoms with Gasteiger partial charge in [0.25, 0.3) is 0 Å². The first-order valence-electron chi connectivity index (χ1n) is 3.52. The molecule has 1 aliphatic rings. The number of carbonyl (C=O) groups is 1. The second-order valence-electron chi connectivity index (χ2n) is 2.82. The van der Waals surface area contributed by atoms with E-state index in [1.807, 2.05) is 17.8 Å². The van der Waals surface area contributed by atoms with Gasteiger partial charge >= 0.3 is 0 Å². The van der Waals surface area contributed by atoms with Gasteiger partial charge in [-0.05, 0) is 5.92 Å². The molecule has 1 aliphatic heterocycles. The molecule has 1 unspecified atom stereocenters. The zero-order chi connectivity index (χ0) is 7.56. The van der Waals surface area contributed by atoms with Crippen molar-refractivity contribution in [3.8, 4) is 0 Å². The molecule has 2 heteroatoms. The van der Waals surface area contributed by atoms with E-state index in [4.69, 9.17) is 0 Å². The van der Waals surface area contributed by atoms with E-state index in [0.29, 0.717) is 11.2 Å². The lowest BCUT2D eigenvalue weighted by atomic mass is 10.0. The number of hydrogen-bond donors (Lipinski definition) is 0. The largest absolute Gasteiger partial charge is 0.298 e. The summed E-state index contributed by atoms with van der Waals surface area (Å²) in [5.74, 6) is 1.60. The minimum absolute atomic E-state index is 0.456. The summed E-state index contributed by atoms with van der Waals surface area (Å²) in [6.45, 7) is 4.31. The summed E-state index contributed by atoms with van der Waals surface area (Å²) in [4.78, 5) is 10.4. The second kappa shape index (κ2) is 3.24. The Kier molecular flexibility index (Phi) is 2.55. The van der Waals surface area contributed by atoms with Crippen LogP contribution in [0.3, 0.4) is 0 Å². The molecule has 0 radical (unpaired) electrons. The van der Waals surface area contributed by atoms with Crippen molar-refractivity contribution in [2.75, 3.05) is 5.75 Å². The molecule has 0 aromatic carbocycles. The number of carbonyl (C=O) groups excluding carboxylic acids is 1. The molecule has 1 atom stereocenters. The molecule has 0 N–H and O–H groups in total. The summed E-state index contributed by atoms with van der Waals surface area (Å²) in [5, 5.41) is 0.456. The van der Waals surface area contributed by atoms with Crippen LogP contribution in [0.5, 0.6) is 0 Å². The minimum Gasteiger partial charge on any atom is -0.298 e. The molecular formula is C8H12OS. The van der Waals surface area contributed by atoms with Crippen LogP contribution in [0.25, 0.3) is 0 Å². The third kappa shape index (κ3) is 1.43. The van der Waals surface area contributed by atoms with E-state index in [1.165, 1.54) is 0 Å². The van der Waals surface area contributed by atoms with Gasteiger partial charge in [0.05, 0.1) is 0 Å². The molecule has 0 aliphatic carbocycles. The molecule has 0 saturated carbocycles. The fourth-order valence-electron chi connectivity index (χ4n) is 1.15. The first kappa shape index (κ1) is 7.86. The molecule has 0 bridgehead atoms. The van der Waals surface area contributed by atoms with E-state index >= 15 is 0 Å². The van der Waals surface area contributed by atoms with Crippen molar-refractivity contribution < 1.29 is 4.79 Å². The average molecular weight is 156 g/mol. The standard InChI is InChI=1S/C8H12OS/c1-6(2)8-7(5-9)3-4-10-8/h3,5-6,8H,4H2,1-2H3. The molecular weight excluding hydrogens is 144 g/mol. The molecule has 56 valence electrons. The highest BCUT2D eigenvalue weighted by Gasteiger charge is 2.21. The van der Waals surface area contributed by atoms with Gasteiger partial charge in [-0.15, -0.1) is 11.8 Å². The van der Waals surface area contributed by atoms with Crippen LogP contribution in [0.15, 0.2) is 11.6 Å². The Morgan fingerprint density at radius 1 is 1.80 bits per heavy atom. The smallest absolute Gasteiger partial charge is 0.146 e. The first-order valence-corrected chi connectivity index (χ1v) is 4.57. The maximum atomic E-state index is 10.4. The van der Waals surface area contributed by atoms with Crippen LogP contribution in [0.2, 0.25) is 0 Å². The van der Waals surface area contributed by atoms with Crippen molar-refractivity contribution in [3.05, 3.63) is 11.6 Å². The van der Waals surface area contributed by atoms with Crippen molar-refractivity contribution in [1.82, 2.24) is 0 Å². The van der Waals surface area contributed by atoms with Crippen LogP contribution < -0.4 is 0 Å². The van der Waals surface area contributed by atoms with Crippen molar-refractivity contribution in [3.63, 3.8) is 0 Å². The highest BCUT2D eigenvalue weighted by Crippen LogP contribution is 2.31. The highest BCUT2D eigenvalue weighted by molar-refractivity contribution is 8.00. The third-order valence-electron chi connectivity index (χ3n) is 1.66. The van der Waals surface area contributed by atoms with Crippen molar-refractivity contribution in [1.29, 1.82) is 0 Å². The number of aldehydes is 1. The normalized spacial score (nSPS) is 25.1. The lowest BCUT2D eigenvalue weighted by Gasteiger charge is -2.13. The zero-order valence-corrected chi connectivity index (χ0v) is 7.15. The molecule has 0 spiro atoms. The van der Waals surface area contributed by atoms with Gasteiger partial charge in [0.1, 0.15) is 6.29 Å². The molecule has 1 rings (SSSR count). The molecule has 0 aromatic heterocycles. The minimum atomic E-state index is 0.456. The number of thioether (sulfide) groups is 1. The predicted octanol–water partition coefficient (Wildman–Crippen LogP) is 1.88. The van der Waals surface area contributed by atoms with E-state index < -0.39 is 0 Å². The lowest BCUT2D eigenvalue weighted by Crippen LogP contribution is -2.11. The maximum Gasteiger partial charge on any atom is 0.146 e. The Bertz CT molecular complexity index is 161. The van der Waals surface area contributed by atoms with Gasteiger partial charge in [-0.25, -0.2) is 0 Å². The molecule has 0 fully saturated rings. The lowest BCUT2D eigenvalue weighted by molar-refractivity contribution is -0.105. The predicted molar refractivity (Wildman–Crippen MR) is 45.2 cm³/mol. The summed E-state index contributed by atoms with van der Waals surface area (Å²) in [6.07, 6.45) is 3.02. The van der Waals surface area contributed by atoms with E-state index in [9.17, 15) is 4.79 Å². The zero-order valence-electron chi connectivity index (χ0n) is 6.33. The van der Waals surface area contributed by atoms with Gasteiger partial charge in [-0.1, -0.05) is 19.9 Å². The average Bonchev–Trinajstić information content (AvgIpc) is 2.33. The quantitative estimate of drug-likeness (QED) is 0.568. The number of rotatable bonds is 2. The van der Waals surface area contributed by atoms with Crippen LogP contribution >= 0.6 is 11.8 Å². The van der Waals surface area contributed by atoms with Crippen LogP contribution in [-0.4, -0.2) is 17.3 Å². The first-order chi connectivity index (χ1) is 4.75. The molecule has 10 heavy (non-hydrogen) atoms. The maximum absolute atomic E-state index is 10.4. The van der Waals surface area contributed by atoms with E-state index in [-0.39, 0.29) is 0 Å². The fraction of sp³-hybridized carbons (Fsp3) is 0.625. The second-order valence-corrected chi connectivity index (χ2v) is 3.99. The molecule has 1 heterocycles. The monoisotopic (exact) mass is 156 g/mol. The van der Waals surface area contributed by atoms with Gasteiger partial charge in [-0.3, -0.25) is 4.79 Å². The van der Waals surface area contributed by atoms with Gasteiger partial charge in [0.2, 0.25) is 0 Å². The Hall–Kier alpha value is -0.240. The van der Waals surface area contributed by atoms with Crippen LogP contribution in [-0.2, 0) is 4.79 Å². The van der Waals surface area contributed by atoms with Crippen molar-refractivity contribution in [2.24, 2.45) is 5.92 Å². The van der Waals surface area contributed by atoms with Crippen LogP contribution in [0, 0.1) is 5.92 Å². The summed E-state index contributed by atoms with van der Waals surface area (Å²) < 4.78 is 0. The van der Waals surface area contributed by atoms with Gasteiger partial charge in [0.15, 0.2) is 0 Å². The van der Waals surface area contributed by atoms with Crippen molar-refractivity contribution in [2.45, 2.75) is 19.1 Å². The third-order valence-corrected chi connectivity index (χ3v) is 3.20. The van der Waals surface area contributed by atoms with Crippen LogP contribution in [0.4, 0.5) is 0 Å².